The fourth-order valence-electron chi connectivity index (χ4n) is 1.80. The monoisotopic (exact) mass is 285 g/mol. The summed E-state index contributed by atoms with van der Waals surface area (Å²) in [5, 5.41) is 8.76. The van der Waals surface area contributed by atoms with Crippen molar-refractivity contribution < 1.29 is 17.5 Å². The lowest BCUT2D eigenvalue weighted by Crippen LogP contribution is -2.45. The van der Waals surface area contributed by atoms with Crippen molar-refractivity contribution in [1.29, 1.82) is 5.26 Å². The van der Waals surface area contributed by atoms with E-state index in [1.165, 1.54) is 12.1 Å². The molecule has 1 atom stereocenters. The molecule has 6 nitrogen and oxygen atoms in total. The number of para-hydroxylation sites is 1. The van der Waals surface area contributed by atoms with Crippen molar-refractivity contribution in [3.05, 3.63) is 24.0 Å². The molecule has 1 fully saturated rings. The topological polar surface area (TPSA) is 96.4 Å². The summed E-state index contributed by atoms with van der Waals surface area (Å²) in [6, 6.07) is 5.46. The Kier molecular flexibility index (Phi) is 3.71. The third-order valence-electron chi connectivity index (χ3n) is 2.80. The quantitative estimate of drug-likeness (QED) is 0.789. The van der Waals surface area contributed by atoms with Crippen LogP contribution in [0.4, 0.5) is 10.1 Å². The van der Waals surface area contributed by atoms with Gasteiger partial charge >= 0.3 is 0 Å². The van der Waals surface area contributed by atoms with Crippen LogP contribution >= 0.6 is 0 Å². The lowest BCUT2D eigenvalue weighted by Gasteiger charge is -2.29. The number of nitrogen functional groups attached to an aromatic ring is 1. The summed E-state index contributed by atoms with van der Waals surface area (Å²) in [7, 11) is -3.92. The highest BCUT2D eigenvalue weighted by Gasteiger charge is 2.32. The first-order valence-electron chi connectivity index (χ1n) is 5.52. The Morgan fingerprint density at radius 1 is 1.53 bits per heavy atom. The molecule has 1 aromatic rings. The number of rotatable bonds is 2. The Hall–Kier alpha value is -1.69. The number of hydrogen-bond acceptors (Lipinski definition) is 5. The van der Waals surface area contributed by atoms with Crippen LogP contribution in [0.2, 0.25) is 0 Å². The summed E-state index contributed by atoms with van der Waals surface area (Å²) < 4.78 is 44.2. The molecular formula is C11H12FN3O3S. The summed E-state index contributed by atoms with van der Waals surface area (Å²) in [4.78, 5) is -0.286. The molecule has 19 heavy (non-hydrogen) atoms. The molecule has 0 radical (unpaired) electrons. The fraction of sp³-hybridized carbons (Fsp3) is 0.364. The van der Waals surface area contributed by atoms with Crippen molar-refractivity contribution in [2.75, 3.05) is 25.4 Å². The molecule has 1 aliphatic rings. The van der Waals surface area contributed by atoms with Crippen LogP contribution in [-0.2, 0) is 14.8 Å². The van der Waals surface area contributed by atoms with Crippen LogP contribution in [0.1, 0.15) is 0 Å². The molecule has 0 bridgehead atoms. The van der Waals surface area contributed by atoms with Crippen molar-refractivity contribution in [2.45, 2.75) is 11.0 Å². The number of sulfonamides is 1. The normalized spacial score (nSPS) is 20.9. The summed E-state index contributed by atoms with van der Waals surface area (Å²) >= 11 is 0. The molecular weight excluding hydrogens is 273 g/mol. The predicted molar refractivity (Wildman–Crippen MR) is 64.9 cm³/mol. The van der Waals surface area contributed by atoms with Crippen LogP contribution in [0.15, 0.2) is 23.1 Å². The highest BCUT2D eigenvalue weighted by atomic mass is 32.2. The van der Waals surface area contributed by atoms with Crippen LogP contribution in [0, 0.1) is 17.1 Å². The zero-order valence-electron chi connectivity index (χ0n) is 9.91. The summed E-state index contributed by atoms with van der Waals surface area (Å²) in [5.41, 5.74) is 5.05. The number of benzene rings is 1. The third-order valence-corrected chi connectivity index (χ3v) is 4.73. The Morgan fingerprint density at radius 3 is 2.95 bits per heavy atom. The van der Waals surface area contributed by atoms with Crippen molar-refractivity contribution in [2.24, 2.45) is 0 Å². The van der Waals surface area contributed by atoms with Crippen LogP contribution in [0.25, 0.3) is 0 Å². The van der Waals surface area contributed by atoms with Crippen LogP contribution in [0.5, 0.6) is 0 Å². The molecule has 0 aromatic heterocycles. The number of hydrogen-bond donors (Lipinski definition) is 1. The van der Waals surface area contributed by atoms with Gasteiger partial charge in [0.25, 0.3) is 0 Å². The van der Waals surface area contributed by atoms with Gasteiger partial charge in [-0.15, -0.1) is 0 Å². The van der Waals surface area contributed by atoms with E-state index in [0.717, 1.165) is 10.4 Å². The van der Waals surface area contributed by atoms with Gasteiger partial charge in [0.1, 0.15) is 10.7 Å². The highest BCUT2D eigenvalue weighted by molar-refractivity contribution is 7.89. The van der Waals surface area contributed by atoms with Crippen molar-refractivity contribution in [3.63, 3.8) is 0 Å². The van der Waals surface area contributed by atoms with Gasteiger partial charge in [0.05, 0.1) is 24.9 Å². The van der Waals surface area contributed by atoms with E-state index in [0.29, 0.717) is 0 Å². The molecule has 1 aromatic carbocycles. The van der Waals surface area contributed by atoms with Crippen molar-refractivity contribution in [3.8, 4) is 6.07 Å². The standard InChI is InChI=1S/C11H12FN3O3S/c12-9-2-1-3-10(11(9)14)19(16,17)15-4-5-18-8(6-13)7-15/h1-3,8H,4-5,7,14H2. The van der Waals surface area contributed by atoms with Gasteiger partial charge in [-0.1, -0.05) is 6.07 Å². The van der Waals surface area contributed by atoms with Gasteiger partial charge in [-0.2, -0.15) is 9.57 Å². The van der Waals surface area contributed by atoms with Gasteiger partial charge in [-0.3, -0.25) is 0 Å². The molecule has 0 saturated carbocycles. The van der Waals surface area contributed by atoms with Crippen LogP contribution in [0.3, 0.4) is 0 Å². The number of nitriles is 1. The zero-order chi connectivity index (χ0) is 14.0. The molecule has 2 N–H and O–H groups in total. The van der Waals surface area contributed by atoms with Gasteiger partial charge < -0.3 is 10.5 Å². The molecule has 102 valence electrons. The molecule has 0 aliphatic carbocycles. The minimum atomic E-state index is -3.92. The molecule has 8 heteroatoms. The lowest BCUT2D eigenvalue weighted by atomic mass is 10.3. The van der Waals surface area contributed by atoms with E-state index >= 15 is 0 Å². The molecule has 2 rings (SSSR count). The average molecular weight is 285 g/mol. The maximum absolute atomic E-state index is 13.3. The minimum Gasteiger partial charge on any atom is -0.395 e. The second kappa shape index (κ2) is 5.13. The van der Waals surface area contributed by atoms with Gasteiger partial charge in [-0.05, 0) is 12.1 Å². The highest BCUT2D eigenvalue weighted by Crippen LogP contribution is 2.25. The molecule has 0 amide bonds. The number of nitrogens with zero attached hydrogens (tertiary/aromatic N) is 2. The summed E-state index contributed by atoms with van der Waals surface area (Å²) in [6.45, 7) is 0.137. The largest absolute Gasteiger partial charge is 0.395 e. The lowest BCUT2D eigenvalue weighted by molar-refractivity contribution is 0.0311. The van der Waals surface area contributed by atoms with E-state index in [-0.39, 0.29) is 24.6 Å². The Balaban J connectivity index is 2.37. The number of morpholine rings is 1. The third kappa shape index (κ3) is 2.53. The number of nitrogens with two attached hydrogens (primary N) is 1. The molecule has 1 saturated heterocycles. The SMILES string of the molecule is N#CC1CN(S(=O)(=O)c2cccc(F)c2N)CCO1. The number of halogens is 1. The van der Waals surface area contributed by atoms with E-state index < -0.39 is 27.6 Å². The van der Waals surface area contributed by atoms with Gasteiger partial charge in [-0.25, -0.2) is 12.8 Å². The second-order valence-corrected chi connectivity index (χ2v) is 5.91. The first-order chi connectivity index (χ1) is 8.96. The first-order valence-corrected chi connectivity index (χ1v) is 6.96. The van der Waals surface area contributed by atoms with E-state index in [1.54, 1.807) is 0 Å². The van der Waals surface area contributed by atoms with E-state index in [1.807, 2.05) is 6.07 Å². The molecule has 1 heterocycles. The fourth-order valence-corrected chi connectivity index (χ4v) is 3.35. The molecule has 0 spiro atoms. The van der Waals surface area contributed by atoms with Crippen molar-refractivity contribution in [1.82, 2.24) is 4.31 Å². The Bertz CT molecular complexity index is 627. The van der Waals surface area contributed by atoms with Crippen molar-refractivity contribution >= 4 is 15.7 Å². The first kappa shape index (κ1) is 13.7. The Labute approximate surface area is 110 Å². The molecule has 1 unspecified atom stereocenters. The van der Waals surface area contributed by atoms with E-state index in [2.05, 4.69) is 0 Å². The van der Waals surface area contributed by atoms with Crippen LogP contribution < -0.4 is 5.73 Å². The average Bonchev–Trinajstić information content (AvgIpc) is 2.41. The van der Waals surface area contributed by atoms with E-state index in [9.17, 15) is 12.8 Å². The number of ether oxygens (including phenoxy) is 1. The van der Waals surface area contributed by atoms with Gasteiger partial charge in [0.2, 0.25) is 10.0 Å². The summed E-state index contributed by atoms with van der Waals surface area (Å²) in [5.74, 6) is -0.786. The number of anilines is 1. The van der Waals surface area contributed by atoms with E-state index in [4.69, 9.17) is 15.7 Å². The predicted octanol–water partition coefficient (Wildman–Crippen LogP) is 0.321. The maximum atomic E-state index is 13.3. The minimum absolute atomic E-state index is 0.0885. The maximum Gasteiger partial charge on any atom is 0.245 e. The van der Waals surface area contributed by atoms with Gasteiger partial charge in [0, 0.05) is 6.54 Å². The Morgan fingerprint density at radius 2 is 2.26 bits per heavy atom. The second-order valence-electron chi connectivity index (χ2n) is 4.00. The smallest absolute Gasteiger partial charge is 0.245 e. The van der Waals surface area contributed by atoms with Gasteiger partial charge in [0.15, 0.2) is 6.10 Å². The molecule has 1 aliphatic heterocycles. The summed E-state index contributed by atoms with van der Waals surface area (Å²) in [6.07, 6.45) is -0.821. The zero-order valence-corrected chi connectivity index (χ0v) is 10.7. The van der Waals surface area contributed by atoms with Crippen LogP contribution in [-0.4, -0.2) is 38.5 Å².